The van der Waals surface area contributed by atoms with Gasteiger partial charge in [0.2, 0.25) is 0 Å². The highest BCUT2D eigenvalue weighted by Crippen LogP contribution is 2.25. The van der Waals surface area contributed by atoms with E-state index in [0.29, 0.717) is 9.58 Å². The molecule has 1 heterocycles. The van der Waals surface area contributed by atoms with Crippen LogP contribution in [0.25, 0.3) is 0 Å². The van der Waals surface area contributed by atoms with Crippen molar-refractivity contribution in [3.8, 4) is 0 Å². The van der Waals surface area contributed by atoms with Gasteiger partial charge in [0, 0.05) is 30.6 Å². The lowest BCUT2D eigenvalue weighted by molar-refractivity contribution is 0.0638. The molecule has 0 fully saturated rings. The molecule has 0 saturated carbocycles. The third-order valence-corrected chi connectivity index (χ3v) is 2.12. The number of ether oxygens (including phenoxy) is 1. The van der Waals surface area contributed by atoms with Gasteiger partial charge >= 0.3 is 0 Å². The van der Waals surface area contributed by atoms with Gasteiger partial charge in [0.15, 0.2) is 0 Å². The predicted molar refractivity (Wildman–Crippen MR) is 76.0 cm³/mol. The highest BCUT2D eigenvalue weighted by atomic mass is 16.5. The summed E-state index contributed by atoms with van der Waals surface area (Å²) in [5.74, 6) is 0. The number of aryl methyl sites for hydroxylation is 1. The number of likely N-dealkylation sites (N-methyl/N-ethyl adjacent to an activating group) is 1. The highest BCUT2D eigenvalue weighted by Gasteiger charge is 2.17. The standard InChI is InChI=1S/C15H21N3O/c1-17(2)11-12-19-15(13-7-5-4-6-8-13)14-9-10-16-18(14)3/h4-10,15H,11-12H2,1-3H3/i1D3,3D3,4D,5D,6D,7D,8D,11D2,15D. The number of benzene rings is 1. The van der Waals surface area contributed by atoms with E-state index in [-0.39, 0.29) is 0 Å². The molecule has 0 aliphatic rings. The van der Waals surface area contributed by atoms with Gasteiger partial charge in [-0.3, -0.25) is 4.68 Å². The number of hydrogen-bond donors (Lipinski definition) is 0. The van der Waals surface area contributed by atoms with Gasteiger partial charge in [0.1, 0.15) is 6.08 Å². The average Bonchev–Trinajstić information content (AvgIpc) is 3.19. The topological polar surface area (TPSA) is 30.3 Å². The second-order valence-corrected chi connectivity index (χ2v) is 3.46. The van der Waals surface area contributed by atoms with Crippen LogP contribution in [0.3, 0.4) is 0 Å². The molecule has 4 nitrogen and oxygen atoms in total. The van der Waals surface area contributed by atoms with Crippen LogP contribution in [0.15, 0.2) is 42.5 Å². The van der Waals surface area contributed by atoms with Crippen LogP contribution in [-0.2, 0) is 11.7 Å². The Labute approximate surface area is 134 Å². The third-order valence-electron chi connectivity index (χ3n) is 2.12. The fourth-order valence-corrected chi connectivity index (χ4v) is 1.31. The summed E-state index contributed by atoms with van der Waals surface area (Å²) in [6.45, 7) is -9.72. The minimum absolute atomic E-state index is 0.351. The maximum absolute atomic E-state index is 8.94. The number of rotatable bonds is 6. The summed E-state index contributed by atoms with van der Waals surface area (Å²) in [6, 6.07) is -3.15. The molecule has 1 aromatic carbocycles. The summed E-state index contributed by atoms with van der Waals surface area (Å²) in [6.07, 6.45) is -1.88. The van der Waals surface area contributed by atoms with E-state index in [4.69, 9.17) is 23.9 Å². The van der Waals surface area contributed by atoms with Gasteiger partial charge in [-0.25, -0.2) is 0 Å². The molecule has 1 unspecified atom stereocenters. The first-order valence-corrected chi connectivity index (χ1v) is 5.27. The lowest BCUT2D eigenvalue weighted by atomic mass is 10.1. The van der Waals surface area contributed by atoms with Crippen molar-refractivity contribution in [2.24, 2.45) is 6.98 Å². The molecule has 0 aliphatic heterocycles. The number of hydrogen-bond acceptors (Lipinski definition) is 3. The zero-order valence-electron chi connectivity index (χ0n) is 24.1. The van der Waals surface area contributed by atoms with E-state index in [0.717, 1.165) is 19.3 Å². The smallest absolute Gasteiger partial charge is 0.124 e. The van der Waals surface area contributed by atoms with Crippen molar-refractivity contribution in [2.75, 3.05) is 27.1 Å². The van der Waals surface area contributed by atoms with E-state index in [1.807, 2.05) is 0 Å². The number of nitrogens with zero attached hydrogens (tertiary/aromatic N) is 3. The van der Waals surface area contributed by atoms with Crippen molar-refractivity contribution in [1.29, 1.82) is 0 Å². The van der Waals surface area contributed by atoms with E-state index in [1.54, 1.807) is 0 Å². The van der Waals surface area contributed by atoms with Crippen LogP contribution in [0.5, 0.6) is 0 Å². The molecule has 19 heavy (non-hydrogen) atoms. The molecule has 2 aromatic rings. The van der Waals surface area contributed by atoms with Crippen molar-refractivity contribution < 1.29 is 23.9 Å². The average molecular weight is 273 g/mol. The summed E-state index contributed by atoms with van der Waals surface area (Å²) < 4.78 is 116. The normalized spacial score (nSPS) is 27.3. The number of aromatic nitrogens is 2. The molecule has 2 rings (SSSR count). The van der Waals surface area contributed by atoms with Crippen LogP contribution in [0.2, 0.25) is 0 Å². The van der Waals surface area contributed by atoms with E-state index in [1.165, 1.54) is 0 Å². The van der Waals surface area contributed by atoms with Crippen molar-refractivity contribution >= 4 is 0 Å². The lowest BCUT2D eigenvalue weighted by Crippen LogP contribution is -2.20. The minimum Gasteiger partial charge on any atom is -0.366 e. The Bertz CT molecular complexity index is 1000. The van der Waals surface area contributed by atoms with Gasteiger partial charge in [-0.15, -0.1) is 0 Å². The molecule has 4 heteroatoms. The molecule has 102 valence electrons. The molecule has 0 aliphatic carbocycles. The maximum Gasteiger partial charge on any atom is 0.124 e. The van der Waals surface area contributed by atoms with Gasteiger partial charge in [0.25, 0.3) is 0 Å². The second-order valence-electron chi connectivity index (χ2n) is 3.46. The Morgan fingerprint density at radius 3 is 3.16 bits per heavy atom. The zero-order valence-corrected chi connectivity index (χ0v) is 10.1. The zero-order chi connectivity index (χ0) is 25.7. The molecule has 0 N–H and O–H groups in total. The summed E-state index contributed by atoms with van der Waals surface area (Å²) in [5.41, 5.74) is -1.36. The van der Waals surface area contributed by atoms with Crippen LogP contribution >= 0.6 is 0 Å². The van der Waals surface area contributed by atoms with Crippen molar-refractivity contribution in [3.05, 3.63) is 53.7 Å². The Balaban J connectivity index is 2.78. The molecular formula is C15H21N3O. The minimum atomic E-state index is -2.96. The van der Waals surface area contributed by atoms with Crippen molar-refractivity contribution in [3.63, 3.8) is 0 Å². The molecule has 1 atom stereocenters. The Hall–Kier alpha value is -1.65. The van der Waals surface area contributed by atoms with Crippen LogP contribution in [0.4, 0.5) is 0 Å². The van der Waals surface area contributed by atoms with Gasteiger partial charge < -0.3 is 9.64 Å². The van der Waals surface area contributed by atoms with Crippen molar-refractivity contribution in [1.82, 2.24) is 14.7 Å². The first-order chi connectivity index (χ1) is 14.8. The largest absolute Gasteiger partial charge is 0.366 e. The van der Waals surface area contributed by atoms with Crippen molar-refractivity contribution in [2.45, 2.75) is 6.08 Å². The maximum atomic E-state index is 8.94. The summed E-state index contributed by atoms with van der Waals surface area (Å²) in [4.78, 5) is 0.351. The summed E-state index contributed by atoms with van der Waals surface area (Å²) in [5, 5.41) is 3.63. The molecular weight excluding hydrogens is 238 g/mol. The van der Waals surface area contributed by atoms with Gasteiger partial charge in [0.05, 0.1) is 20.5 Å². The molecule has 0 bridgehead atoms. The van der Waals surface area contributed by atoms with Crippen LogP contribution in [-0.4, -0.2) is 41.8 Å². The Morgan fingerprint density at radius 1 is 1.58 bits per heavy atom. The lowest BCUT2D eigenvalue weighted by Gasteiger charge is -2.20. The van der Waals surface area contributed by atoms with Gasteiger partial charge in [-0.1, -0.05) is 30.2 Å². The third kappa shape index (κ3) is 3.66. The van der Waals surface area contributed by atoms with E-state index in [2.05, 4.69) is 5.10 Å². The predicted octanol–water partition coefficient (Wildman–Crippen LogP) is 2.09. The molecule has 1 aromatic heterocycles. The quantitative estimate of drug-likeness (QED) is 0.807. The molecule has 0 spiro atoms. The van der Waals surface area contributed by atoms with E-state index >= 15 is 0 Å². The highest BCUT2D eigenvalue weighted by molar-refractivity contribution is 5.25. The first kappa shape index (κ1) is 4.43. The SMILES string of the molecule is [2H]c1c([2H])c([2H])c(C([2H])(OCC([2H])([2H])N(C)C([2H])([2H])[2H])c2ccnn2C([2H])([2H])[2H])c([2H])c1[2H]. The van der Waals surface area contributed by atoms with Crippen LogP contribution in [0.1, 0.15) is 36.5 Å². The Morgan fingerprint density at radius 2 is 2.42 bits per heavy atom. The second kappa shape index (κ2) is 6.50. The van der Waals surface area contributed by atoms with E-state index < -0.39 is 74.6 Å². The molecule has 0 amide bonds. The fraction of sp³-hybridized carbons (Fsp3) is 0.400. The van der Waals surface area contributed by atoms with Crippen LogP contribution in [0, 0.1) is 0 Å². The monoisotopic (exact) mass is 273 g/mol. The van der Waals surface area contributed by atoms with Gasteiger partial charge in [-0.2, -0.15) is 5.10 Å². The summed E-state index contributed by atoms with van der Waals surface area (Å²) in [7, 11) is 0.944. The Kier molecular flexibility index (Phi) is 1.52. The molecule has 0 saturated heterocycles. The van der Waals surface area contributed by atoms with Gasteiger partial charge in [-0.05, 0) is 25.7 Å². The summed E-state index contributed by atoms with van der Waals surface area (Å²) >= 11 is 0. The van der Waals surface area contributed by atoms with E-state index in [9.17, 15) is 0 Å². The molecule has 0 radical (unpaired) electrons. The fourth-order valence-electron chi connectivity index (χ4n) is 1.31. The first-order valence-electron chi connectivity index (χ1n) is 12.3. The van der Waals surface area contributed by atoms with Crippen LogP contribution < -0.4 is 0 Å².